The van der Waals surface area contributed by atoms with Crippen LogP contribution < -0.4 is 0 Å². The number of aliphatic hydroxyl groups is 1. The standard InChI is InChI=1S/C9H15N3O3S/c1-6(4-5-13)16-9-8(12(14)15)7(2)10-11(9)3/h6,13H,4-5H2,1-3H3. The van der Waals surface area contributed by atoms with Crippen LogP contribution in [0.3, 0.4) is 0 Å². The van der Waals surface area contributed by atoms with E-state index < -0.39 is 4.92 Å². The molecule has 0 aliphatic rings. The first-order valence-electron chi connectivity index (χ1n) is 4.92. The van der Waals surface area contributed by atoms with Crippen LogP contribution in [0.1, 0.15) is 19.0 Å². The number of aryl methyl sites for hydroxylation is 2. The molecule has 1 N–H and O–H groups in total. The Balaban J connectivity index is 2.98. The summed E-state index contributed by atoms with van der Waals surface area (Å²) in [5.74, 6) is 0. The van der Waals surface area contributed by atoms with Gasteiger partial charge in [0.05, 0.1) is 4.92 Å². The number of rotatable bonds is 5. The molecule has 0 aliphatic carbocycles. The SMILES string of the molecule is Cc1nn(C)c(SC(C)CCO)c1[N+](=O)[O-]. The van der Waals surface area contributed by atoms with Crippen LogP contribution in [-0.2, 0) is 7.05 Å². The number of thioether (sulfide) groups is 1. The van der Waals surface area contributed by atoms with Gasteiger partial charge in [-0.2, -0.15) is 5.10 Å². The number of nitrogens with zero attached hydrogens (tertiary/aromatic N) is 3. The summed E-state index contributed by atoms with van der Waals surface area (Å²) < 4.78 is 1.52. The lowest BCUT2D eigenvalue weighted by Crippen LogP contribution is -2.03. The molecule has 0 aliphatic heterocycles. The fourth-order valence-corrected chi connectivity index (χ4v) is 2.53. The monoisotopic (exact) mass is 245 g/mol. The molecule has 0 saturated carbocycles. The van der Waals surface area contributed by atoms with Crippen LogP contribution >= 0.6 is 11.8 Å². The first kappa shape index (κ1) is 13.0. The number of aliphatic hydroxyl groups excluding tert-OH is 1. The van der Waals surface area contributed by atoms with E-state index in [2.05, 4.69) is 5.10 Å². The van der Waals surface area contributed by atoms with Gasteiger partial charge in [-0.15, -0.1) is 0 Å². The van der Waals surface area contributed by atoms with Gasteiger partial charge >= 0.3 is 5.69 Å². The van der Waals surface area contributed by atoms with Gasteiger partial charge in [0.15, 0.2) is 5.03 Å². The van der Waals surface area contributed by atoms with Crippen molar-refractivity contribution in [2.45, 2.75) is 30.5 Å². The molecule has 1 unspecified atom stereocenters. The fourth-order valence-electron chi connectivity index (χ4n) is 1.40. The van der Waals surface area contributed by atoms with Crippen LogP contribution in [0.15, 0.2) is 5.03 Å². The minimum Gasteiger partial charge on any atom is -0.396 e. The molecule has 0 spiro atoms. The molecule has 1 atom stereocenters. The Morgan fingerprint density at radius 1 is 1.69 bits per heavy atom. The maximum Gasteiger partial charge on any atom is 0.323 e. The van der Waals surface area contributed by atoms with Crippen LogP contribution in [0.25, 0.3) is 0 Å². The second-order valence-electron chi connectivity index (χ2n) is 3.56. The zero-order chi connectivity index (χ0) is 12.3. The molecule has 0 aromatic carbocycles. The summed E-state index contributed by atoms with van der Waals surface area (Å²) in [5.41, 5.74) is 0.489. The summed E-state index contributed by atoms with van der Waals surface area (Å²) in [5, 5.41) is 24.4. The van der Waals surface area contributed by atoms with Crippen molar-refractivity contribution in [2.75, 3.05) is 6.61 Å². The topological polar surface area (TPSA) is 81.2 Å². The lowest BCUT2D eigenvalue weighted by Gasteiger charge is -2.08. The predicted molar refractivity (Wildman–Crippen MR) is 61.6 cm³/mol. The van der Waals surface area contributed by atoms with Crippen molar-refractivity contribution in [3.8, 4) is 0 Å². The van der Waals surface area contributed by atoms with E-state index in [1.807, 2.05) is 6.92 Å². The van der Waals surface area contributed by atoms with Crippen molar-refractivity contribution in [3.63, 3.8) is 0 Å². The van der Waals surface area contributed by atoms with Crippen LogP contribution in [0, 0.1) is 17.0 Å². The lowest BCUT2D eigenvalue weighted by atomic mass is 10.3. The fraction of sp³-hybridized carbons (Fsp3) is 0.667. The van der Waals surface area contributed by atoms with Gasteiger partial charge in [0.1, 0.15) is 5.69 Å². The van der Waals surface area contributed by atoms with E-state index in [1.54, 1.807) is 14.0 Å². The summed E-state index contributed by atoms with van der Waals surface area (Å²) in [7, 11) is 1.69. The number of hydrogen-bond acceptors (Lipinski definition) is 5. The third-order valence-electron chi connectivity index (χ3n) is 2.17. The molecule has 0 saturated heterocycles. The normalized spacial score (nSPS) is 12.8. The zero-order valence-corrected chi connectivity index (χ0v) is 10.3. The lowest BCUT2D eigenvalue weighted by molar-refractivity contribution is -0.388. The molecule has 0 radical (unpaired) electrons. The van der Waals surface area contributed by atoms with E-state index in [-0.39, 0.29) is 17.5 Å². The summed E-state index contributed by atoms with van der Waals surface area (Å²) in [4.78, 5) is 10.5. The summed E-state index contributed by atoms with van der Waals surface area (Å²) in [6, 6.07) is 0. The summed E-state index contributed by atoms with van der Waals surface area (Å²) in [6.07, 6.45) is 0.603. The van der Waals surface area contributed by atoms with Crippen LogP contribution in [0.5, 0.6) is 0 Å². The van der Waals surface area contributed by atoms with E-state index in [9.17, 15) is 10.1 Å². The smallest absolute Gasteiger partial charge is 0.323 e. The quantitative estimate of drug-likeness (QED) is 0.483. The molecule has 1 heterocycles. The van der Waals surface area contributed by atoms with E-state index in [4.69, 9.17) is 5.11 Å². The molecular weight excluding hydrogens is 230 g/mol. The molecule has 1 aromatic heterocycles. The van der Waals surface area contributed by atoms with Crippen molar-refractivity contribution in [1.29, 1.82) is 0 Å². The van der Waals surface area contributed by atoms with E-state index in [0.717, 1.165) is 0 Å². The van der Waals surface area contributed by atoms with E-state index in [0.29, 0.717) is 17.1 Å². The Labute approximate surface area is 97.8 Å². The van der Waals surface area contributed by atoms with Gasteiger partial charge in [-0.05, 0) is 13.3 Å². The van der Waals surface area contributed by atoms with E-state index in [1.165, 1.54) is 16.4 Å². The Hall–Kier alpha value is -1.08. The average Bonchev–Trinajstić information content (AvgIpc) is 2.41. The Morgan fingerprint density at radius 3 is 2.81 bits per heavy atom. The van der Waals surface area contributed by atoms with Crippen molar-refractivity contribution < 1.29 is 10.0 Å². The molecule has 0 fully saturated rings. The highest BCUT2D eigenvalue weighted by molar-refractivity contribution is 8.00. The van der Waals surface area contributed by atoms with E-state index >= 15 is 0 Å². The average molecular weight is 245 g/mol. The van der Waals surface area contributed by atoms with Crippen molar-refractivity contribution in [3.05, 3.63) is 15.8 Å². The zero-order valence-electron chi connectivity index (χ0n) is 9.51. The molecule has 6 nitrogen and oxygen atoms in total. The molecule has 0 amide bonds. The highest BCUT2D eigenvalue weighted by atomic mass is 32.2. The molecule has 0 bridgehead atoms. The highest BCUT2D eigenvalue weighted by Crippen LogP contribution is 2.34. The highest BCUT2D eigenvalue weighted by Gasteiger charge is 2.25. The third kappa shape index (κ3) is 2.73. The molecule has 1 rings (SSSR count). The van der Waals surface area contributed by atoms with Gasteiger partial charge in [0, 0.05) is 18.9 Å². The molecular formula is C9H15N3O3S. The second-order valence-corrected chi connectivity index (χ2v) is 4.99. The van der Waals surface area contributed by atoms with Crippen molar-refractivity contribution in [1.82, 2.24) is 9.78 Å². The van der Waals surface area contributed by atoms with Crippen LogP contribution in [-0.4, -0.2) is 31.7 Å². The Kier molecular flexibility index (Phi) is 4.31. The minimum atomic E-state index is -0.406. The minimum absolute atomic E-state index is 0.0669. The van der Waals surface area contributed by atoms with Gasteiger partial charge in [0.25, 0.3) is 0 Å². The molecule has 1 aromatic rings. The summed E-state index contributed by atoms with van der Waals surface area (Å²) in [6.45, 7) is 3.63. The first-order valence-corrected chi connectivity index (χ1v) is 5.80. The molecule has 16 heavy (non-hydrogen) atoms. The summed E-state index contributed by atoms with van der Waals surface area (Å²) >= 11 is 1.37. The van der Waals surface area contributed by atoms with Crippen molar-refractivity contribution >= 4 is 17.4 Å². The largest absolute Gasteiger partial charge is 0.396 e. The van der Waals surface area contributed by atoms with Gasteiger partial charge in [-0.3, -0.25) is 14.8 Å². The van der Waals surface area contributed by atoms with Crippen LogP contribution in [0.4, 0.5) is 5.69 Å². The maximum absolute atomic E-state index is 10.9. The predicted octanol–water partition coefficient (Wildman–Crippen LogP) is 1.50. The van der Waals surface area contributed by atoms with Gasteiger partial charge in [-0.1, -0.05) is 18.7 Å². The number of hydrogen-bond donors (Lipinski definition) is 1. The maximum atomic E-state index is 10.9. The molecule has 7 heteroatoms. The third-order valence-corrected chi connectivity index (χ3v) is 3.49. The second kappa shape index (κ2) is 5.31. The van der Waals surface area contributed by atoms with Crippen LogP contribution in [0.2, 0.25) is 0 Å². The van der Waals surface area contributed by atoms with Gasteiger partial charge < -0.3 is 5.11 Å². The van der Waals surface area contributed by atoms with Crippen molar-refractivity contribution in [2.24, 2.45) is 7.05 Å². The number of aromatic nitrogens is 2. The Morgan fingerprint density at radius 2 is 2.31 bits per heavy atom. The molecule has 90 valence electrons. The Bertz CT molecular complexity index is 392. The van der Waals surface area contributed by atoms with Gasteiger partial charge in [0.2, 0.25) is 0 Å². The first-order chi connectivity index (χ1) is 7.47. The van der Waals surface area contributed by atoms with Gasteiger partial charge in [-0.25, -0.2) is 0 Å². The number of nitro groups is 1.